The number of thioether (sulfide) groups is 1. The smallest absolute Gasteiger partial charge is 0.234 e. The summed E-state index contributed by atoms with van der Waals surface area (Å²) in [5, 5.41) is 2.66. The van der Waals surface area contributed by atoms with Crippen LogP contribution in [0.5, 0.6) is 0 Å². The summed E-state index contributed by atoms with van der Waals surface area (Å²) in [4.78, 5) is 13.4. The van der Waals surface area contributed by atoms with Crippen molar-refractivity contribution >= 4 is 39.8 Å². The van der Waals surface area contributed by atoms with Crippen molar-refractivity contribution in [2.45, 2.75) is 4.90 Å². The van der Waals surface area contributed by atoms with Gasteiger partial charge in [-0.05, 0) is 47.5 Å². The van der Waals surface area contributed by atoms with Crippen molar-refractivity contribution in [1.82, 2.24) is 0 Å². The van der Waals surface area contributed by atoms with Crippen LogP contribution in [0.15, 0.2) is 46.7 Å². The average Bonchev–Trinajstić information content (AvgIpc) is 2.74. The van der Waals surface area contributed by atoms with E-state index in [0.29, 0.717) is 5.02 Å². The normalized spacial score (nSPS) is 10.2. The third-order valence-corrected chi connectivity index (χ3v) is 3.91. The van der Waals surface area contributed by atoms with Gasteiger partial charge in [-0.3, -0.25) is 4.79 Å². The monoisotopic (exact) mass is 254 g/mol. The molecular weight excluding hydrogens is 248 g/mol. The molecule has 0 aliphatic heterocycles. The van der Waals surface area contributed by atoms with Crippen LogP contribution in [-0.4, -0.2) is 5.12 Å². The molecule has 0 amide bonds. The van der Waals surface area contributed by atoms with Gasteiger partial charge in [-0.2, -0.15) is 0 Å². The first-order valence-corrected chi connectivity index (χ1v) is 6.34. The van der Waals surface area contributed by atoms with Crippen LogP contribution in [0.25, 0.3) is 0 Å². The second-order valence-electron chi connectivity index (χ2n) is 2.82. The SMILES string of the molecule is O=C(Sc1ccc(Cl)cc1)c1cccs1. The summed E-state index contributed by atoms with van der Waals surface area (Å²) in [7, 11) is 0. The molecule has 4 heteroatoms. The lowest BCUT2D eigenvalue weighted by Crippen LogP contribution is -1.87. The van der Waals surface area contributed by atoms with Crippen LogP contribution in [0.1, 0.15) is 9.67 Å². The summed E-state index contributed by atoms with van der Waals surface area (Å²) in [6.45, 7) is 0. The van der Waals surface area contributed by atoms with Gasteiger partial charge in [0.15, 0.2) is 0 Å². The average molecular weight is 255 g/mol. The number of benzene rings is 1. The van der Waals surface area contributed by atoms with Crippen molar-refractivity contribution in [1.29, 1.82) is 0 Å². The molecule has 0 radical (unpaired) electrons. The van der Waals surface area contributed by atoms with E-state index in [-0.39, 0.29) is 5.12 Å². The Kier molecular flexibility index (Phi) is 3.46. The first-order valence-electron chi connectivity index (χ1n) is 4.27. The number of carbonyl (C=O) groups is 1. The van der Waals surface area contributed by atoms with Gasteiger partial charge in [0.1, 0.15) is 0 Å². The van der Waals surface area contributed by atoms with Crippen molar-refractivity contribution in [3.63, 3.8) is 0 Å². The Morgan fingerprint density at radius 2 is 1.93 bits per heavy atom. The Morgan fingerprint density at radius 1 is 1.20 bits per heavy atom. The molecule has 0 aliphatic carbocycles. The van der Waals surface area contributed by atoms with Crippen LogP contribution in [-0.2, 0) is 0 Å². The topological polar surface area (TPSA) is 17.1 Å². The lowest BCUT2D eigenvalue weighted by molar-refractivity contribution is 0.109. The van der Waals surface area contributed by atoms with E-state index < -0.39 is 0 Å². The third-order valence-electron chi connectivity index (χ3n) is 1.75. The number of thiophene rings is 1. The molecule has 0 fully saturated rings. The molecule has 1 nitrogen and oxygen atoms in total. The fourth-order valence-electron chi connectivity index (χ4n) is 1.05. The minimum Gasteiger partial charge on any atom is -0.280 e. The molecule has 15 heavy (non-hydrogen) atoms. The molecule has 2 aromatic rings. The minimum absolute atomic E-state index is 0.0762. The molecular formula is C11H7ClOS2. The fourth-order valence-corrected chi connectivity index (χ4v) is 2.66. The van der Waals surface area contributed by atoms with E-state index >= 15 is 0 Å². The second kappa shape index (κ2) is 4.84. The molecule has 0 atom stereocenters. The number of rotatable bonds is 2. The Balaban J connectivity index is 2.09. The van der Waals surface area contributed by atoms with E-state index in [9.17, 15) is 4.79 Å². The Hall–Kier alpha value is -0.770. The highest BCUT2D eigenvalue weighted by Gasteiger charge is 2.08. The summed E-state index contributed by atoms with van der Waals surface area (Å²) in [6.07, 6.45) is 0. The zero-order valence-electron chi connectivity index (χ0n) is 7.64. The van der Waals surface area contributed by atoms with E-state index in [1.165, 1.54) is 23.1 Å². The highest BCUT2D eigenvalue weighted by molar-refractivity contribution is 8.14. The molecule has 0 saturated heterocycles. The van der Waals surface area contributed by atoms with Gasteiger partial charge in [0, 0.05) is 9.92 Å². The summed E-state index contributed by atoms with van der Waals surface area (Å²) in [5.41, 5.74) is 0. The van der Waals surface area contributed by atoms with Gasteiger partial charge in [0.05, 0.1) is 4.88 Å². The fraction of sp³-hybridized carbons (Fsp3) is 0. The first kappa shape index (κ1) is 10.7. The minimum atomic E-state index is 0.0762. The van der Waals surface area contributed by atoms with Crippen LogP contribution in [0.2, 0.25) is 5.02 Å². The van der Waals surface area contributed by atoms with Crippen molar-refractivity contribution in [3.8, 4) is 0 Å². The van der Waals surface area contributed by atoms with Gasteiger partial charge in [0.25, 0.3) is 0 Å². The van der Waals surface area contributed by atoms with Crippen LogP contribution in [0.3, 0.4) is 0 Å². The number of hydrogen-bond donors (Lipinski definition) is 0. The van der Waals surface area contributed by atoms with Crippen molar-refractivity contribution in [2.24, 2.45) is 0 Å². The van der Waals surface area contributed by atoms with Crippen molar-refractivity contribution < 1.29 is 4.79 Å². The number of carbonyl (C=O) groups excluding carboxylic acids is 1. The summed E-state index contributed by atoms with van der Waals surface area (Å²) < 4.78 is 0. The molecule has 2 rings (SSSR count). The standard InChI is InChI=1S/C11H7ClOS2/c12-8-3-5-9(6-4-8)15-11(13)10-2-1-7-14-10/h1-7H. The lowest BCUT2D eigenvalue weighted by atomic mass is 10.4. The number of halogens is 1. The Morgan fingerprint density at radius 3 is 2.53 bits per heavy atom. The van der Waals surface area contributed by atoms with Crippen LogP contribution in [0, 0.1) is 0 Å². The maximum atomic E-state index is 11.7. The zero-order chi connectivity index (χ0) is 10.7. The first-order chi connectivity index (χ1) is 7.25. The van der Waals surface area contributed by atoms with E-state index in [4.69, 9.17) is 11.6 Å². The molecule has 0 spiro atoms. The van der Waals surface area contributed by atoms with E-state index in [1.807, 2.05) is 29.6 Å². The lowest BCUT2D eigenvalue weighted by Gasteiger charge is -1.98. The number of hydrogen-bond acceptors (Lipinski definition) is 3. The summed E-state index contributed by atoms with van der Waals surface area (Å²) in [5.74, 6) is 0. The van der Waals surface area contributed by atoms with Crippen LogP contribution < -0.4 is 0 Å². The van der Waals surface area contributed by atoms with E-state index in [0.717, 1.165) is 9.77 Å². The van der Waals surface area contributed by atoms with Gasteiger partial charge in [-0.25, -0.2) is 0 Å². The molecule has 1 aromatic carbocycles. The van der Waals surface area contributed by atoms with Gasteiger partial charge in [-0.1, -0.05) is 17.7 Å². The molecule has 0 saturated carbocycles. The molecule has 0 unspecified atom stereocenters. The molecule has 1 aromatic heterocycles. The molecule has 0 aliphatic rings. The maximum absolute atomic E-state index is 11.7. The summed E-state index contributed by atoms with van der Waals surface area (Å²) in [6, 6.07) is 11.0. The second-order valence-corrected chi connectivity index (χ2v) is 5.25. The van der Waals surface area contributed by atoms with Crippen LogP contribution in [0.4, 0.5) is 0 Å². The highest BCUT2D eigenvalue weighted by Crippen LogP contribution is 2.25. The third kappa shape index (κ3) is 2.84. The summed E-state index contributed by atoms with van der Waals surface area (Å²) >= 11 is 8.44. The molecule has 1 heterocycles. The van der Waals surface area contributed by atoms with E-state index in [2.05, 4.69) is 0 Å². The molecule has 76 valence electrons. The van der Waals surface area contributed by atoms with Gasteiger partial charge in [0.2, 0.25) is 5.12 Å². The van der Waals surface area contributed by atoms with E-state index in [1.54, 1.807) is 12.1 Å². The van der Waals surface area contributed by atoms with Gasteiger partial charge in [-0.15, -0.1) is 11.3 Å². The maximum Gasteiger partial charge on any atom is 0.234 e. The van der Waals surface area contributed by atoms with Crippen molar-refractivity contribution in [2.75, 3.05) is 0 Å². The quantitative estimate of drug-likeness (QED) is 0.742. The Bertz CT molecular complexity index is 448. The molecule has 0 bridgehead atoms. The van der Waals surface area contributed by atoms with Gasteiger partial charge >= 0.3 is 0 Å². The molecule has 0 N–H and O–H groups in total. The van der Waals surface area contributed by atoms with Gasteiger partial charge < -0.3 is 0 Å². The largest absolute Gasteiger partial charge is 0.280 e. The predicted octanol–water partition coefficient (Wildman–Crippen LogP) is 4.33. The predicted molar refractivity (Wildman–Crippen MR) is 66.0 cm³/mol. The van der Waals surface area contributed by atoms with Crippen molar-refractivity contribution in [3.05, 3.63) is 51.7 Å². The Labute approximate surface area is 101 Å². The van der Waals surface area contributed by atoms with Crippen LogP contribution >= 0.6 is 34.7 Å². The highest BCUT2D eigenvalue weighted by atomic mass is 35.5. The zero-order valence-corrected chi connectivity index (χ0v) is 10.0.